The van der Waals surface area contributed by atoms with Gasteiger partial charge in [0.1, 0.15) is 0 Å². The Morgan fingerprint density at radius 3 is 2.62 bits per heavy atom. The number of nitrogens with one attached hydrogen (secondary N) is 1. The summed E-state index contributed by atoms with van der Waals surface area (Å²) in [5, 5.41) is 3.04. The summed E-state index contributed by atoms with van der Waals surface area (Å²) >= 11 is 4.87. The second-order valence-corrected chi connectivity index (χ2v) is 4.41. The molecule has 0 aromatic heterocycles. The lowest BCUT2D eigenvalue weighted by Crippen LogP contribution is -2.23. The molecule has 0 spiro atoms. The quantitative estimate of drug-likeness (QED) is 0.569. The fourth-order valence-corrected chi connectivity index (χ4v) is 1.52. The number of rotatable bonds is 7. The molecule has 4 nitrogen and oxygen atoms in total. The van der Waals surface area contributed by atoms with Crippen molar-refractivity contribution in [3.63, 3.8) is 0 Å². The molecule has 5 heteroatoms. The molecule has 0 bridgehead atoms. The first-order chi connectivity index (χ1) is 7.54. The predicted octanol–water partition coefficient (Wildman–Crippen LogP) is 0.950. The van der Waals surface area contributed by atoms with E-state index in [1.165, 1.54) is 0 Å². The number of ether oxygens (including phenoxy) is 1. The Morgan fingerprint density at radius 1 is 1.38 bits per heavy atom. The van der Waals surface area contributed by atoms with Crippen molar-refractivity contribution in [2.45, 2.75) is 6.92 Å². The van der Waals surface area contributed by atoms with Gasteiger partial charge in [0, 0.05) is 13.1 Å². The number of hydrogen-bond donors (Lipinski definition) is 1. The van der Waals surface area contributed by atoms with Crippen molar-refractivity contribution in [2.24, 2.45) is 0 Å². The zero-order valence-electron chi connectivity index (χ0n) is 10.0. The lowest BCUT2D eigenvalue weighted by molar-refractivity contribution is 0.126. The van der Waals surface area contributed by atoms with Gasteiger partial charge >= 0.3 is 0 Å². The molecule has 0 atom stereocenters. The van der Waals surface area contributed by atoms with Gasteiger partial charge < -0.3 is 15.0 Å². The van der Waals surface area contributed by atoms with Crippen molar-refractivity contribution in [3.05, 3.63) is 20.3 Å². The molecule has 0 saturated carbocycles. The van der Waals surface area contributed by atoms with Crippen molar-refractivity contribution in [1.29, 1.82) is 0 Å². The van der Waals surface area contributed by atoms with Crippen LogP contribution in [0.15, 0.2) is 4.79 Å². The highest BCUT2D eigenvalue weighted by atomic mass is 32.1. The lowest BCUT2D eigenvalue weighted by atomic mass is 10.1. The van der Waals surface area contributed by atoms with Gasteiger partial charge in [-0.15, -0.1) is 0 Å². The van der Waals surface area contributed by atoms with Gasteiger partial charge in [0.25, 0.3) is 0 Å². The summed E-state index contributed by atoms with van der Waals surface area (Å²) in [5.74, 6) is 0. The molecular formula is C11H18N2O2S. The highest BCUT2D eigenvalue weighted by Crippen LogP contribution is 2.13. The minimum Gasteiger partial charge on any atom is -0.379 e. The molecule has 0 radical (unpaired) electrons. The van der Waals surface area contributed by atoms with Gasteiger partial charge in [-0.05, 0) is 26.6 Å². The van der Waals surface area contributed by atoms with Crippen LogP contribution in [0.5, 0.6) is 0 Å². The van der Waals surface area contributed by atoms with Gasteiger partial charge in [-0.3, -0.25) is 4.79 Å². The number of anilines is 1. The third kappa shape index (κ3) is 3.37. The van der Waals surface area contributed by atoms with E-state index in [0.29, 0.717) is 30.0 Å². The van der Waals surface area contributed by atoms with Crippen LogP contribution >= 0.6 is 12.2 Å². The monoisotopic (exact) mass is 242 g/mol. The van der Waals surface area contributed by atoms with E-state index >= 15 is 0 Å². The molecule has 90 valence electrons. The summed E-state index contributed by atoms with van der Waals surface area (Å²) in [6.45, 7) is 4.72. The fourth-order valence-electron chi connectivity index (χ4n) is 1.32. The summed E-state index contributed by atoms with van der Waals surface area (Å²) in [5.41, 5.74) is 1.51. The number of hydrogen-bond acceptors (Lipinski definition) is 5. The highest BCUT2D eigenvalue weighted by molar-refractivity contribution is 7.71. The average Bonchev–Trinajstić information content (AvgIpc) is 2.26. The molecule has 0 fully saturated rings. The normalized spacial score (nSPS) is 11.2. The lowest BCUT2D eigenvalue weighted by Gasteiger charge is -2.12. The molecule has 1 N–H and O–H groups in total. The van der Waals surface area contributed by atoms with Gasteiger partial charge in [-0.25, -0.2) is 0 Å². The molecule has 0 saturated heterocycles. The van der Waals surface area contributed by atoms with Crippen LogP contribution in [0.3, 0.4) is 0 Å². The molecule has 0 unspecified atom stereocenters. The Labute approximate surface area is 101 Å². The maximum absolute atomic E-state index is 11.3. The number of likely N-dealkylation sites (N-methyl/N-ethyl adjacent to an activating group) is 1. The van der Waals surface area contributed by atoms with Crippen molar-refractivity contribution < 1.29 is 4.74 Å². The molecule has 1 rings (SSSR count). The van der Waals surface area contributed by atoms with Crippen LogP contribution in [0.1, 0.15) is 5.56 Å². The summed E-state index contributed by atoms with van der Waals surface area (Å²) < 4.78 is 5.84. The first-order valence-electron chi connectivity index (χ1n) is 5.30. The van der Waals surface area contributed by atoms with Crippen LogP contribution in [0.25, 0.3) is 0 Å². The highest BCUT2D eigenvalue weighted by Gasteiger charge is 2.12. The summed E-state index contributed by atoms with van der Waals surface area (Å²) in [4.78, 5) is 13.3. The average molecular weight is 242 g/mol. The predicted molar refractivity (Wildman–Crippen MR) is 68.5 cm³/mol. The molecule has 0 aliphatic carbocycles. The third-order valence-corrected chi connectivity index (χ3v) is 2.87. The Balaban J connectivity index is 2.13. The van der Waals surface area contributed by atoms with Gasteiger partial charge in [0.2, 0.25) is 5.43 Å². The van der Waals surface area contributed by atoms with Gasteiger partial charge in [-0.2, -0.15) is 0 Å². The van der Waals surface area contributed by atoms with Gasteiger partial charge in [0.05, 0.1) is 23.4 Å². The van der Waals surface area contributed by atoms with E-state index in [0.717, 1.165) is 12.1 Å². The zero-order valence-corrected chi connectivity index (χ0v) is 10.8. The molecular weight excluding hydrogens is 224 g/mol. The smallest absolute Gasteiger partial charge is 0.220 e. The molecule has 0 aliphatic rings. The second kappa shape index (κ2) is 6.08. The van der Waals surface area contributed by atoms with Gasteiger partial charge in [-0.1, -0.05) is 12.2 Å². The molecule has 1 aromatic rings. The Bertz CT molecular complexity index is 408. The number of nitrogens with zero attached hydrogens (tertiary/aromatic N) is 1. The van der Waals surface area contributed by atoms with Crippen molar-refractivity contribution in [1.82, 2.24) is 4.90 Å². The molecule has 0 aliphatic heterocycles. The standard InChI is InChI=1S/C11H18N2O2S/c1-8-9(10(14)11(8)16)12-4-6-15-7-5-13(2)3/h12H,4-7H2,1-3H3. The summed E-state index contributed by atoms with van der Waals surface area (Å²) in [7, 11) is 4.01. The van der Waals surface area contributed by atoms with E-state index in [-0.39, 0.29) is 5.43 Å². The molecule has 0 heterocycles. The van der Waals surface area contributed by atoms with E-state index in [4.69, 9.17) is 17.0 Å². The van der Waals surface area contributed by atoms with E-state index in [1.54, 1.807) is 0 Å². The van der Waals surface area contributed by atoms with E-state index in [2.05, 4.69) is 10.2 Å². The SMILES string of the molecule is Cc1c(NCCOCCN(C)C)c(=O)c1=S. The van der Waals surface area contributed by atoms with E-state index in [9.17, 15) is 4.79 Å². The first kappa shape index (κ1) is 13.3. The molecule has 1 aromatic carbocycles. The minimum absolute atomic E-state index is 0.0409. The van der Waals surface area contributed by atoms with Crippen LogP contribution in [-0.4, -0.2) is 45.3 Å². The van der Waals surface area contributed by atoms with Crippen LogP contribution < -0.4 is 10.7 Å². The summed E-state index contributed by atoms with van der Waals surface area (Å²) in [6.07, 6.45) is 0. The maximum atomic E-state index is 11.3. The van der Waals surface area contributed by atoms with Crippen LogP contribution in [0.4, 0.5) is 5.69 Å². The first-order valence-corrected chi connectivity index (χ1v) is 5.71. The zero-order chi connectivity index (χ0) is 12.1. The van der Waals surface area contributed by atoms with Crippen LogP contribution in [0.2, 0.25) is 0 Å². The van der Waals surface area contributed by atoms with Crippen molar-refractivity contribution in [3.8, 4) is 0 Å². The molecule has 0 amide bonds. The van der Waals surface area contributed by atoms with Crippen LogP contribution in [-0.2, 0) is 4.74 Å². The summed E-state index contributed by atoms with van der Waals surface area (Å²) in [6, 6.07) is 0. The molecule has 16 heavy (non-hydrogen) atoms. The Hall–Kier alpha value is -0.780. The Morgan fingerprint density at radius 2 is 2.06 bits per heavy atom. The Kier molecular flexibility index (Phi) is 5.05. The topological polar surface area (TPSA) is 41.6 Å². The van der Waals surface area contributed by atoms with Crippen molar-refractivity contribution >= 4 is 17.9 Å². The largest absolute Gasteiger partial charge is 0.379 e. The van der Waals surface area contributed by atoms with Crippen molar-refractivity contribution in [2.75, 3.05) is 45.7 Å². The van der Waals surface area contributed by atoms with E-state index in [1.807, 2.05) is 21.0 Å². The minimum atomic E-state index is -0.0409. The second-order valence-electron chi connectivity index (χ2n) is 4.00. The van der Waals surface area contributed by atoms with E-state index < -0.39 is 0 Å². The fraction of sp³-hybridized carbons (Fsp3) is 0.636. The third-order valence-electron chi connectivity index (χ3n) is 2.38. The van der Waals surface area contributed by atoms with Crippen LogP contribution in [0, 0.1) is 11.4 Å². The van der Waals surface area contributed by atoms with Gasteiger partial charge in [0.15, 0.2) is 0 Å². The maximum Gasteiger partial charge on any atom is 0.220 e.